The van der Waals surface area contributed by atoms with Gasteiger partial charge in [-0.3, -0.25) is 15.1 Å². The molecule has 0 bridgehead atoms. The molecule has 4 heteroatoms. The average Bonchev–Trinajstić information content (AvgIpc) is 2.36. The van der Waals surface area contributed by atoms with Gasteiger partial charge in [0.1, 0.15) is 0 Å². The predicted octanol–water partition coefficient (Wildman–Crippen LogP) is 1.32. The van der Waals surface area contributed by atoms with Gasteiger partial charge in [0.25, 0.3) is 5.91 Å². The number of carbonyl (C=O) groups is 1. The van der Waals surface area contributed by atoms with Gasteiger partial charge >= 0.3 is 0 Å². The highest BCUT2D eigenvalue weighted by atomic mass is 16.1. The number of nitrogens with zero attached hydrogens (tertiary/aromatic N) is 1. The molecule has 0 saturated heterocycles. The first kappa shape index (κ1) is 12.7. The predicted molar refractivity (Wildman–Crippen MR) is 70.3 cm³/mol. The Morgan fingerprint density at radius 2 is 2.00 bits per heavy atom. The Balaban J connectivity index is 2.45. The number of hydrogen-bond donors (Lipinski definition) is 2. The van der Waals surface area contributed by atoms with E-state index in [-0.39, 0.29) is 11.9 Å². The fraction of sp³-hybridized carbons (Fsp3) is 0.0769. The van der Waals surface area contributed by atoms with Crippen molar-refractivity contribution in [1.29, 1.82) is 0 Å². The second-order valence-corrected chi connectivity index (χ2v) is 3.23. The van der Waals surface area contributed by atoms with Crippen LogP contribution in [-0.4, -0.2) is 18.9 Å². The summed E-state index contributed by atoms with van der Waals surface area (Å²) in [4.78, 5) is 14.8. The van der Waals surface area contributed by atoms with E-state index >= 15 is 0 Å². The number of rotatable bonds is 3. The monoisotopic (exact) mass is 229 g/mol. The Morgan fingerprint density at radius 1 is 1.29 bits per heavy atom. The smallest absolute Gasteiger partial charge is 0.250 e. The maximum absolute atomic E-state index is 11.2. The molecule has 0 fully saturated rings. The maximum atomic E-state index is 11.2. The van der Waals surface area contributed by atoms with Crippen LogP contribution in [0.2, 0.25) is 0 Å². The number of hydrogen-bond acceptors (Lipinski definition) is 2. The summed E-state index contributed by atoms with van der Waals surface area (Å²) in [7, 11) is 1.51. The highest BCUT2D eigenvalue weighted by Gasteiger charge is 1.94. The lowest BCUT2D eigenvalue weighted by Crippen LogP contribution is -2.35. The van der Waals surface area contributed by atoms with Crippen molar-refractivity contribution in [1.82, 2.24) is 5.32 Å². The minimum Gasteiger partial charge on any atom is -0.370 e. The highest BCUT2D eigenvalue weighted by Crippen LogP contribution is 2.00. The molecule has 1 aromatic carbocycles. The molecule has 1 amide bonds. The minimum atomic E-state index is -0.300. The van der Waals surface area contributed by atoms with Crippen LogP contribution >= 0.6 is 0 Å². The quantitative estimate of drug-likeness (QED) is 0.355. The zero-order valence-corrected chi connectivity index (χ0v) is 9.63. The van der Waals surface area contributed by atoms with Gasteiger partial charge in [-0.05, 0) is 5.56 Å². The molecule has 1 aromatic rings. The molecule has 0 aromatic heterocycles. The van der Waals surface area contributed by atoms with Crippen LogP contribution in [0, 0.1) is 0 Å². The van der Waals surface area contributed by atoms with Gasteiger partial charge in [-0.15, -0.1) is 0 Å². The van der Waals surface area contributed by atoms with Crippen LogP contribution in [0.25, 0.3) is 6.08 Å². The summed E-state index contributed by atoms with van der Waals surface area (Å²) in [5, 5.41) is 2.40. The second kappa shape index (κ2) is 7.00. The summed E-state index contributed by atoms with van der Waals surface area (Å²) in [6.45, 7) is 0. The summed E-state index contributed by atoms with van der Waals surface area (Å²) in [5.41, 5.74) is 6.41. The van der Waals surface area contributed by atoms with Crippen LogP contribution in [0.3, 0.4) is 0 Å². The molecule has 0 atom stereocenters. The molecule has 0 heterocycles. The summed E-state index contributed by atoms with van der Waals surface area (Å²) in [6, 6.07) is 9.81. The van der Waals surface area contributed by atoms with Crippen LogP contribution in [-0.2, 0) is 4.79 Å². The van der Waals surface area contributed by atoms with Crippen molar-refractivity contribution >= 4 is 17.9 Å². The summed E-state index contributed by atoms with van der Waals surface area (Å²) < 4.78 is 0. The van der Waals surface area contributed by atoms with E-state index in [9.17, 15) is 4.79 Å². The lowest BCUT2D eigenvalue weighted by atomic mass is 10.2. The molecule has 4 nitrogen and oxygen atoms in total. The van der Waals surface area contributed by atoms with Gasteiger partial charge < -0.3 is 5.73 Å². The Morgan fingerprint density at radius 3 is 2.65 bits per heavy atom. The zero-order valence-electron chi connectivity index (χ0n) is 9.63. The van der Waals surface area contributed by atoms with E-state index < -0.39 is 0 Å². The number of benzene rings is 1. The number of carbonyl (C=O) groups excluding carboxylic acids is 1. The van der Waals surface area contributed by atoms with Gasteiger partial charge in [-0.2, -0.15) is 0 Å². The normalized spacial score (nSPS) is 12.2. The van der Waals surface area contributed by atoms with Crippen molar-refractivity contribution < 1.29 is 4.79 Å². The van der Waals surface area contributed by atoms with Crippen LogP contribution in [0.15, 0.2) is 53.6 Å². The Bertz CT molecular complexity index is 447. The fourth-order valence-electron chi connectivity index (χ4n) is 1.10. The van der Waals surface area contributed by atoms with Crippen molar-refractivity contribution in [3.8, 4) is 0 Å². The summed E-state index contributed by atoms with van der Waals surface area (Å²) >= 11 is 0. The van der Waals surface area contributed by atoms with Gasteiger partial charge in [0.2, 0.25) is 0 Å². The molecule has 1 rings (SSSR count). The van der Waals surface area contributed by atoms with Crippen LogP contribution in [0.1, 0.15) is 5.56 Å². The number of nitrogens with one attached hydrogen (secondary N) is 1. The molecule has 0 aliphatic carbocycles. The van der Waals surface area contributed by atoms with Gasteiger partial charge in [0, 0.05) is 13.1 Å². The minimum absolute atomic E-state index is 0.103. The van der Waals surface area contributed by atoms with E-state index in [0.717, 1.165) is 5.56 Å². The van der Waals surface area contributed by atoms with Crippen molar-refractivity contribution in [3.05, 3.63) is 54.1 Å². The van der Waals surface area contributed by atoms with E-state index in [4.69, 9.17) is 5.73 Å². The van der Waals surface area contributed by atoms with Crippen molar-refractivity contribution in [3.63, 3.8) is 0 Å². The lowest BCUT2D eigenvalue weighted by Gasteiger charge is -1.97. The first-order valence-electron chi connectivity index (χ1n) is 5.15. The van der Waals surface area contributed by atoms with Gasteiger partial charge in [0.15, 0.2) is 5.96 Å². The molecule has 3 N–H and O–H groups in total. The number of amides is 1. The van der Waals surface area contributed by atoms with E-state index in [1.54, 1.807) is 12.2 Å². The van der Waals surface area contributed by atoms with Crippen molar-refractivity contribution in [2.75, 3.05) is 7.05 Å². The standard InChI is InChI=1S/C13H15N3O/c1-15-13(14)16-12(17)10-6-5-9-11-7-3-2-4-8-11/h2-10H,1H3,(H3,14,15,16,17)/b9-5+,10-6+. The van der Waals surface area contributed by atoms with Crippen molar-refractivity contribution in [2.24, 2.45) is 10.7 Å². The molecule has 0 spiro atoms. The van der Waals surface area contributed by atoms with Gasteiger partial charge in [-0.25, -0.2) is 0 Å². The Labute approximate surface area is 101 Å². The zero-order chi connectivity index (χ0) is 12.5. The summed E-state index contributed by atoms with van der Waals surface area (Å²) in [6.07, 6.45) is 6.72. The maximum Gasteiger partial charge on any atom is 0.250 e. The van der Waals surface area contributed by atoms with E-state index in [2.05, 4.69) is 10.3 Å². The van der Waals surface area contributed by atoms with Crippen LogP contribution < -0.4 is 11.1 Å². The highest BCUT2D eigenvalue weighted by molar-refractivity contribution is 6.01. The first-order valence-corrected chi connectivity index (χ1v) is 5.15. The third-order valence-corrected chi connectivity index (χ3v) is 1.94. The van der Waals surface area contributed by atoms with E-state index in [1.165, 1.54) is 13.1 Å². The average molecular weight is 229 g/mol. The second-order valence-electron chi connectivity index (χ2n) is 3.23. The Kier molecular flexibility index (Phi) is 5.24. The number of aliphatic imine (C=N–C) groups is 1. The van der Waals surface area contributed by atoms with E-state index in [1.807, 2.05) is 36.4 Å². The molecule has 17 heavy (non-hydrogen) atoms. The molecule has 0 aliphatic rings. The molecule has 88 valence electrons. The SMILES string of the molecule is CN=C(N)NC(=O)/C=C/C=C/c1ccccc1. The molecule has 0 aliphatic heterocycles. The molecule has 0 radical (unpaired) electrons. The first-order chi connectivity index (χ1) is 8.22. The van der Waals surface area contributed by atoms with Crippen LogP contribution in [0.4, 0.5) is 0 Å². The summed E-state index contributed by atoms with van der Waals surface area (Å²) in [5.74, 6) is -0.197. The molecular formula is C13H15N3O. The lowest BCUT2D eigenvalue weighted by molar-refractivity contribution is -0.115. The van der Waals surface area contributed by atoms with Gasteiger partial charge in [-0.1, -0.05) is 48.6 Å². The van der Waals surface area contributed by atoms with Crippen molar-refractivity contribution in [2.45, 2.75) is 0 Å². The van der Waals surface area contributed by atoms with Gasteiger partial charge in [0.05, 0.1) is 0 Å². The molecule has 0 saturated carbocycles. The topological polar surface area (TPSA) is 67.5 Å². The van der Waals surface area contributed by atoms with E-state index in [0.29, 0.717) is 0 Å². The third kappa shape index (κ3) is 5.32. The van der Waals surface area contributed by atoms with Crippen LogP contribution in [0.5, 0.6) is 0 Å². The largest absolute Gasteiger partial charge is 0.370 e. The molecule has 0 unspecified atom stereocenters. The number of guanidine groups is 1. The fourth-order valence-corrected chi connectivity index (χ4v) is 1.10. The Hall–Kier alpha value is -2.36. The molecular weight excluding hydrogens is 214 g/mol. The third-order valence-electron chi connectivity index (χ3n) is 1.94. The number of allylic oxidation sites excluding steroid dienone is 2. The number of nitrogens with two attached hydrogens (primary N) is 1.